The number of amides is 1. The van der Waals surface area contributed by atoms with Crippen molar-refractivity contribution in [1.82, 2.24) is 19.6 Å². The number of nitrogens with two attached hydrogens (primary N) is 1. The number of hydrogen-bond acceptors (Lipinski definition) is 11. The summed E-state index contributed by atoms with van der Waals surface area (Å²) < 4.78 is 12.0. The minimum Gasteiger partial charge on any atom is -0.442 e. The number of carbonyl (C=O) groups excluding carboxylic acids is 1. The molecular weight excluding hydrogens is 476 g/mol. The molecule has 0 radical (unpaired) electrons. The average molecular weight is 497 g/mol. The van der Waals surface area contributed by atoms with Crippen LogP contribution in [0.1, 0.15) is 18.2 Å². The van der Waals surface area contributed by atoms with Crippen LogP contribution >= 0.6 is 11.6 Å². The van der Waals surface area contributed by atoms with Gasteiger partial charge in [-0.1, -0.05) is 11.6 Å². The predicted octanol–water partition coefficient (Wildman–Crippen LogP) is 2.00. The highest BCUT2D eigenvalue weighted by molar-refractivity contribution is 6.36. The van der Waals surface area contributed by atoms with E-state index < -0.39 is 18.3 Å². The Kier molecular flexibility index (Phi) is 6.73. The van der Waals surface area contributed by atoms with Gasteiger partial charge in [0.1, 0.15) is 18.3 Å². The normalized spacial score (nSPS) is 17.1. The number of nitriles is 2. The molecule has 4 N–H and O–H groups in total. The summed E-state index contributed by atoms with van der Waals surface area (Å²) in [5.74, 6) is 0.560. The van der Waals surface area contributed by atoms with Crippen LogP contribution < -0.4 is 21.3 Å². The first kappa shape index (κ1) is 23.8. The number of aromatic nitrogens is 4. The largest absolute Gasteiger partial charge is 0.442 e. The van der Waals surface area contributed by atoms with Crippen molar-refractivity contribution in [2.45, 2.75) is 19.1 Å². The molecule has 1 amide bonds. The molecule has 4 rings (SSSR count). The van der Waals surface area contributed by atoms with Gasteiger partial charge in [-0.3, -0.25) is 0 Å². The Morgan fingerprint density at radius 1 is 1.31 bits per heavy atom. The number of nitrogens with one attached hydrogen (secondary N) is 2. The van der Waals surface area contributed by atoms with E-state index in [1.807, 2.05) is 17.9 Å². The smallest absolute Gasteiger partial charge is 0.404 e. The number of anilines is 4. The summed E-state index contributed by atoms with van der Waals surface area (Å²) in [7, 11) is 1.51. The molecule has 0 spiro atoms. The summed E-state index contributed by atoms with van der Waals surface area (Å²) in [5, 5.41) is 29.8. The Balaban J connectivity index is 1.72. The number of hydrogen-bond donors (Lipinski definition) is 3. The van der Waals surface area contributed by atoms with Crippen molar-refractivity contribution < 1.29 is 14.3 Å². The van der Waals surface area contributed by atoms with E-state index >= 15 is 0 Å². The van der Waals surface area contributed by atoms with Crippen LogP contribution in [-0.2, 0) is 9.47 Å². The molecule has 1 aliphatic rings. The van der Waals surface area contributed by atoms with E-state index in [-0.39, 0.29) is 18.2 Å². The first-order chi connectivity index (χ1) is 16.9. The van der Waals surface area contributed by atoms with Crippen molar-refractivity contribution in [2.75, 3.05) is 42.3 Å². The molecule has 1 aliphatic heterocycles. The van der Waals surface area contributed by atoms with E-state index in [0.717, 1.165) is 0 Å². The van der Waals surface area contributed by atoms with Crippen LogP contribution in [0.4, 0.5) is 27.9 Å². The third-order valence-electron chi connectivity index (χ3n) is 5.38. The van der Waals surface area contributed by atoms with E-state index in [0.29, 0.717) is 46.5 Å². The number of imidazole rings is 1. The highest BCUT2D eigenvalue weighted by Crippen LogP contribution is 2.38. The van der Waals surface area contributed by atoms with Gasteiger partial charge in [0.25, 0.3) is 0 Å². The molecule has 13 nitrogen and oxygen atoms in total. The fraction of sp³-hybridized carbons (Fsp3) is 0.333. The molecule has 0 aliphatic carbocycles. The maximum Gasteiger partial charge on any atom is 0.404 e. The monoisotopic (exact) mass is 496 g/mol. The molecular formula is C21H21ClN10O3. The number of methoxy groups -OCH3 is 1. The molecule has 180 valence electrons. The fourth-order valence-corrected chi connectivity index (χ4v) is 4.12. The minimum atomic E-state index is -0.904. The standard InChI is InChI=1S/C21H21ClN10O3/c1-3-26-18-19-27-8-12(7-24)32(19)30-21(29-18)28-13-4-11(6-23)5-14(17(13)22)31-9-15(34-2)16(10-31)35-20(25)33/h4-5,8,15-16H,3,9-10H2,1-2H3,(H2,25,33)(H2,26,28,29,30)/t15-,16-/m0/s1. The van der Waals surface area contributed by atoms with Gasteiger partial charge in [0.15, 0.2) is 17.2 Å². The van der Waals surface area contributed by atoms with Crippen molar-refractivity contribution in [1.29, 1.82) is 10.5 Å². The van der Waals surface area contributed by atoms with Crippen LogP contribution in [0.5, 0.6) is 0 Å². The van der Waals surface area contributed by atoms with Crippen LogP contribution in [0, 0.1) is 22.7 Å². The highest BCUT2D eigenvalue weighted by Gasteiger charge is 2.37. The molecule has 1 aromatic carbocycles. The minimum absolute atomic E-state index is 0.136. The summed E-state index contributed by atoms with van der Waals surface area (Å²) in [6.07, 6.45) is -0.534. The van der Waals surface area contributed by atoms with Gasteiger partial charge in [-0.2, -0.15) is 20.0 Å². The van der Waals surface area contributed by atoms with E-state index in [9.17, 15) is 15.3 Å². The van der Waals surface area contributed by atoms with Gasteiger partial charge in [0.2, 0.25) is 5.95 Å². The Labute approximate surface area is 205 Å². The molecule has 0 bridgehead atoms. The summed E-state index contributed by atoms with van der Waals surface area (Å²) >= 11 is 6.74. The lowest BCUT2D eigenvalue weighted by Gasteiger charge is -2.22. The van der Waals surface area contributed by atoms with Crippen molar-refractivity contribution >= 4 is 46.5 Å². The number of halogens is 1. The maximum atomic E-state index is 11.3. The van der Waals surface area contributed by atoms with E-state index in [2.05, 4.69) is 31.8 Å². The zero-order valence-electron chi connectivity index (χ0n) is 18.8. The lowest BCUT2D eigenvalue weighted by molar-refractivity contribution is 0.0104. The van der Waals surface area contributed by atoms with E-state index in [1.54, 1.807) is 12.1 Å². The Hall–Kier alpha value is -4.33. The molecule has 14 heteroatoms. The van der Waals surface area contributed by atoms with Crippen molar-refractivity contribution in [2.24, 2.45) is 5.73 Å². The van der Waals surface area contributed by atoms with Crippen LogP contribution in [-0.4, -0.2) is 64.6 Å². The second-order valence-electron chi connectivity index (χ2n) is 7.55. The van der Waals surface area contributed by atoms with Gasteiger partial charge in [-0.25, -0.2) is 9.78 Å². The van der Waals surface area contributed by atoms with Crippen molar-refractivity contribution in [3.05, 3.63) is 34.6 Å². The molecule has 3 heterocycles. The molecule has 2 atom stereocenters. The summed E-state index contributed by atoms with van der Waals surface area (Å²) in [5.41, 5.74) is 7.03. The maximum absolute atomic E-state index is 11.3. The van der Waals surface area contributed by atoms with Gasteiger partial charge < -0.3 is 30.7 Å². The van der Waals surface area contributed by atoms with Crippen molar-refractivity contribution in [3.8, 4) is 12.1 Å². The number of rotatable bonds is 7. The molecule has 0 unspecified atom stereocenters. The van der Waals surface area contributed by atoms with Gasteiger partial charge in [0, 0.05) is 20.2 Å². The molecule has 0 saturated carbocycles. The summed E-state index contributed by atoms with van der Waals surface area (Å²) in [4.78, 5) is 21.8. The third-order valence-corrected chi connectivity index (χ3v) is 5.77. The van der Waals surface area contributed by atoms with Crippen LogP contribution in [0.25, 0.3) is 5.65 Å². The number of ether oxygens (including phenoxy) is 2. The van der Waals surface area contributed by atoms with Gasteiger partial charge >= 0.3 is 6.09 Å². The first-order valence-corrected chi connectivity index (χ1v) is 10.9. The zero-order valence-corrected chi connectivity index (χ0v) is 19.6. The zero-order chi connectivity index (χ0) is 25.1. The molecule has 1 fully saturated rings. The second-order valence-corrected chi connectivity index (χ2v) is 7.93. The third kappa shape index (κ3) is 4.68. The number of fused-ring (bicyclic) bond motifs is 1. The number of primary amides is 1. The summed E-state index contributed by atoms with van der Waals surface area (Å²) in [6.45, 7) is 3.09. The molecule has 3 aromatic rings. The van der Waals surface area contributed by atoms with Crippen LogP contribution in [0.2, 0.25) is 5.02 Å². The van der Waals surface area contributed by atoms with Crippen LogP contribution in [0.3, 0.4) is 0 Å². The average Bonchev–Trinajstić information content (AvgIpc) is 3.43. The summed E-state index contributed by atoms with van der Waals surface area (Å²) in [6, 6.07) is 7.34. The number of benzene rings is 1. The van der Waals surface area contributed by atoms with Crippen molar-refractivity contribution in [3.63, 3.8) is 0 Å². The second kappa shape index (κ2) is 9.89. The number of carbonyl (C=O) groups is 1. The molecule has 35 heavy (non-hydrogen) atoms. The van der Waals surface area contributed by atoms with E-state index in [1.165, 1.54) is 17.8 Å². The fourth-order valence-electron chi connectivity index (χ4n) is 3.84. The lowest BCUT2D eigenvalue weighted by atomic mass is 10.1. The quantitative estimate of drug-likeness (QED) is 0.435. The van der Waals surface area contributed by atoms with Gasteiger partial charge in [-0.15, -0.1) is 5.10 Å². The highest BCUT2D eigenvalue weighted by atomic mass is 35.5. The topological polar surface area (TPSA) is 180 Å². The molecule has 1 saturated heterocycles. The Bertz CT molecular complexity index is 1360. The van der Waals surface area contributed by atoms with Crippen LogP contribution in [0.15, 0.2) is 18.3 Å². The first-order valence-electron chi connectivity index (χ1n) is 10.5. The Morgan fingerprint density at radius 2 is 2.09 bits per heavy atom. The number of nitrogens with zero attached hydrogens (tertiary/aromatic N) is 7. The SMILES string of the molecule is CCNc1nc(Nc2cc(C#N)cc(N3C[C@H](OC)[C@@H](OC(N)=O)C3)c2Cl)nn2c(C#N)cnc12. The molecule has 2 aromatic heterocycles. The van der Waals surface area contributed by atoms with Gasteiger partial charge in [-0.05, 0) is 19.1 Å². The predicted molar refractivity (Wildman–Crippen MR) is 127 cm³/mol. The lowest BCUT2D eigenvalue weighted by Crippen LogP contribution is -2.33. The Morgan fingerprint density at radius 3 is 2.74 bits per heavy atom. The van der Waals surface area contributed by atoms with E-state index in [4.69, 9.17) is 26.8 Å². The van der Waals surface area contributed by atoms with Gasteiger partial charge in [0.05, 0.1) is 40.8 Å².